The SMILES string of the molecule is C=CC(=C)NC1CCN(C(=S)CCN2CCC(c3ccc(C)cc3)CC2)CC1. The number of aryl methyl sites for hydroxylation is 1. The fourth-order valence-electron chi connectivity index (χ4n) is 4.33. The van der Waals surface area contributed by atoms with Crippen LogP contribution in [0.5, 0.6) is 0 Å². The van der Waals surface area contributed by atoms with Gasteiger partial charge in [0.25, 0.3) is 0 Å². The molecule has 4 heteroatoms. The molecule has 0 amide bonds. The number of rotatable bonds is 7. The van der Waals surface area contributed by atoms with Crippen molar-refractivity contribution in [2.45, 2.75) is 51.0 Å². The molecule has 1 aromatic rings. The molecule has 3 nitrogen and oxygen atoms in total. The van der Waals surface area contributed by atoms with Gasteiger partial charge < -0.3 is 15.1 Å². The highest BCUT2D eigenvalue weighted by molar-refractivity contribution is 7.80. The molecule has 152 valence electrons. The van der Waals surface area contributed by atoms with Gasteiger partial charge in [0.15, 0.2) is 0 Å². The van der Waals surface area contributed by atoms with E-state index in [1.54, 1.807) is 6.08 Å². The zero-order valence-corrected chi connectivity index (χ0v) is 18.1. The van der Waals surface area contributed by atoms with Crippen molar-refractivity contribution in [3.8, 4) is 0 Å². The number of nitrogens with zero attached hydrogens (tertiary/aromatic N) is 2. The Balaban J connectivity index is 1.35. The van der Waals surface area contributed by atoms with Gasteiger partial charge in [0.1, 0.15) is 0 Å². The van der Waals surface area contributed by atoms with E-state index in [1.807, 2.05) is 0 Å². The highest BCUT2D eigenvalue weighted by Gasteiger charge is 2.23. The third-order valence-corrected chi connectivity index (χ3v) is 6.72. The molecule has 0 aliphatic carbocycles. The Morgan fingerprint density at radius 2 is 1.75 bits per heavy atom. The van der Waals surface area contributed by atoms with E-state index in [1.165, 1.54) is 37.1 Å². The van der Waals surface area contributed by atoms with Crippen LogP contribution in [-0.4, -0.2) is 53.6 Å². The third-order valence-electron chi connectivity index (χ3n) is 6.26. The van der Waals surface area contributed by atoms with E-state index in [4.69, 9.17) is 12.2 Å². The lowest BCUT2D eigenvalue weighted by molar-refractivity contribution is 0.214. The van der Waals surface area contributed by atoms with Crippen LogP contribution in [0.15, 0.2) is 49.2 Å². The minimum absolute atomic E-state index is 0.505. The van der Waals surface area contributed by atoms with Crippen molar-refractivity contribution in [1.29, 1.82) is 0 Å². The first kappa shape index (κ1) is 21.1. The number of nitrogens with one attached hydrogen (secondary N) is 1. The van der Waals surface area contributed by atoms with Gasteiger partial charge in [-0.1, -0.05) is 55.2 Å². The fraction of sp³-hybridized carbons (Fsp3) is 0.542. The maximum Gasteiger partial charge on any atom is 0.0792 e. The van der Waals surface area contributed by atoms with Crippen molar-refractivity contribution in [3.63, 3.8) is 0 Å². The van der Waals surface area contributed by atoms with E-state index in [2.05, 4.69) is 59.5 Å². The normalized spacial score (nSPS) is 19.4. The maximum atomic E-state index is 5.75. The number of benzene rings is 1. The second kappa shape index (κ2) is 10.2. The Morgan fingerprint density at radius 1 is 1.11 bits per heavy atom. The van der Waals surface area contributed by atoms with Crippen molar-refractivity contribution in [1.82, 2.24) is 15.1 Å². The van der Waals surface area contributed by atoms with E-state index in [-0.39, 0.29) is 0 Å². The van der Waals surface area contributed by atoms with Crippen LogP contribution in [0.25, 0.3) is 0 Å². The number of hydrogen-bond donors (Lipinski definition) is 1. The van der Waals surface area contributed by atoms with E-state index in [0.29, 0.717) is 6.04 Å². The van der Waals surface area contributed by atoms with Gasteiger partial charge in [-0.05, 0) is 63.3 Å². The summed E-state index contributed by atoms with van der Waals surface area (Å²) in [7, 11) is 0. The molecule has 0 saturated carbocycles. The van der Waals surface area contributed by atoms with Gasteiger partial charge in [-0.15, -0.1) is 0 Å². The van der Waals surface area contributed by atoms with Gasteiger partial charge >= 0.3 is 0 Å². The average molecular weight is 398 g/mol. The predicted molar refractivity (Wildman–Crippen MR) is 124 cm³/mol. The summed E-state index contributed by atoms with van der Waals surface area (Å²) in [6.45, 7) is 15.5. The van der Waals surface area contributed by atoms with Crippen molar-refractivity contribution in [2.24, 2.45) is 0 Å². The molecule has 2 fully saturated rings. The number of piperidine rings is 2. The lowest BCUT2D eigenvalue weighted by Crippen LogP contribution is -2.45. The Kier molecular flexibility index (Phi) is 7.69. The molecule has 1 aromatic carbocycles. The Labute approximate surface area is 176 Å². The second-order valence-corrected chi connectivity index (χ2v) is 8.78. The highest BCUT2D eigenvalue weighted by atomic mass is 32.1. The van der Waals surface area contributed by atoms with Crippen molar-refractivity contribution in [2.75, 3.05) is 32.7 Å². The molecule has 0 bridgehead atoms. The third kappa shape index (κ3) is 5.92. The predicted octanol–water partition coefficient (Wildman–Crippen LogP) is 4.65. The summed E-state index contributed by atoms with van der Waals surface area (Å²) in [5.74, 6) is 0.723. The fourth-order valence-corrected chi connectivity index (χ4v) is 4.61. The second-order valence-electron chi connectivity index (χ2n) is 8.31. The van der Waals surface area contributed by atoms with E-state index >= 15 is 0 Å². The number of allylic oxidation sites excluding steroid dienone is 1. The molecule has 2 saturated heterocycles. The van der Waals surface area contributed by atoms with Crippen molar-refractivity contribution >= 4 is 17.2 Å². The van der Waals surface area contributed by atoms with Crippen LogP contribution in [0, 0.1) is 6.92 Å². The molecule has 2 heterocycles. The van der Waals surface area contributed by atoms with Crippen LogP contribution in [0.1, 0.15) is 49.1 Å². The van der Waals surface area contributed by atoms with E-state index in [9.17, 15) is 0 Å². The molecule has 0 spiro atoms. The molecule has 0 unspecified atom stereocenters. The molecule has 1 N–H and O–H groups in total. The minimum Gasteiger partial charge on any atom is -0.383 e. The van der Waals surface area contributed by atoms with Crippen LogP contribution in [0.4, 0.5) is 0 Å². The van der Waals surface area contributed by atoms with Gasteiger partial charge in [-0.2, -0.15) is 0 Å². The molecule has 0 radical (unpaired) electrons. The van der Waals surface area contributed by atoms with E-state index < -0.39 is 0 Å². The summed E-state index contributed by atoms with van der Waals surface area (Å²) in [5.41, 5.74) is 3.78. The quantitative estimate of drug-likeness (QED) is 0.533. The van der Waals surface area contributed by atoms with Gasteiger partial charge in [0.2, 0.25) is 0 Å². The summed E-state index contributed by atoms with van der Waals surface area (Å²) in [6, 6.07) is 9.62. The first-order valence-electron chi connectivity index (χ1n) is 10.7. The highest BCUT2D eigenvalue weighted by Crippen LogP contribution is 2.28. The topological polar surface area (TPSA) is 18.5 Å². The van der Waals surface area contributed by atoms with Crippen LogP contribution >= 0.6 is 12.2 Å². The summed E-state index contributed by atoms with van der Waals surface area (Å²) in [6.07, 6.45) is 7.57. The zero-order valence-electron chi connectivity index (χ0n) is 17.3. The number of hydrogen-bond acceptors (Lipinski definition) is 3. The minimum atomic E-state index is 0.505. The summed E-state index contributed by atoms with van der Waals surface area (Å²) in [5, 5.41) is 3.44. The largest absolute Gasteiger partial charge is 0.383 e. The number of thiocarbonyl (C=S) groups is 1. The number of likely N-dealkylation sites (tertiary alicyclic amines) is 2. The molecule has 0 aromatic heterocycles. The van der Waals surface area contributed by atoms with Crippen LogP contribution in [0.3, 0.4) is 0 Å². The molecule has 28 heavy (non-hydrogen) atoms. The molecule has 3 rings (SSSR count). The molecule has 0 atom stereocenters. The summed E-state index contributed by atoms with van der Waals surface area (Å²) in [4.78, 5) is 6.14. The van der Waals surface area contributed by atoms with Crippen LogP contribution in [0.2, 0.25) is 0 Å². The average Bonchev–Trinajstić information content (AvgIpc) is 2.73. The molecular formula is C24H35N3S. The van der Waals surface area contributed by atoms with Gasteiger partial charge in [0, 0.05) is 37.8 Å². The Bertz CT molecular complexity index is 666. The van der Waals surface area contributed by atoms with Crippen LogP contribution in [-0.2, 0) is 0 Å². The Hall–Kier alpha value is -1.65. The maximum absolute atomic E-state index is 5.75. The molecular weight excluding hydrogens is 362 g/mol. The first-order valence-corrected chi connectivity index (χ1v) is 11.1. The standard InChI is InChI=1S/C24H35N3S/c1-4-20(3)25-23-11-17-27(18-12-23)24(28)13-16-26-14-9-22(10-15-26)21-7-5-19(2)6-8-21/h4-8,22-23,25H,1,3,9-18H2,2H3. The van der Waals surface area contributed by atoms with Crippen molar-refractivity contribution < 1.29 is 0 Å². The molecule has 2 aliphatic heterocycles. The van der Waals surface area contributed by atoms with Gasteiger partial charge in [0.05, 0.1) is 4.99 Å². The van der Waals surface area contributed by atoms with Gasteiger partial charge in [-0.3, -0.25) is 0 Å². The Morgan fingerprint density at radius 3 is 2.36 bits per heavy atom. The first-order chi connectivity index (χ1) is 13.5. The lowest BCUT2D eigenvalue weighted by Gasteiger charge is -2.36. The smallest absolute Gasteiger partial charge is 0.0792 e. The summed E-state index contributed by atoms with van der Waals surface area (Å²) >= 11 is 5.75. The van der Waals surface area contributed by atoms with Crippen molar-refractivity contribution in [3.05, 3.63) is 60.3 Å². The van der Waals surface area contributed by atoms with E-state index in [0.717, 1.165) is 55.5 Å². The van der Waals surface area contributed by atoms with Gasteiger partial charge in [-0.25, -0.2) is 0 Å². The monoisotopic (exact) mass is 397 g/mol. The zero-order chi connectivity index (χ0) is 19.9. The van der Waals surface area contributed by atoms with Crippen LogP contribution < -0.4 is 5.32 Å². The molecule has 2 aliphatic rings. The lowest BCUT2D eigenvalue weighted by atomic mass is 9.89. The summed E-state index contributed by atoms with van der Waals surface area (Å²) < 4.78 is 0.